The lowest BCUT2D eigenvalue weighted by molar-refractivity contribution is 0.355. The van der Waals surface area contributed by atoms with E-state index in [0.29, 0.717) is 11.5 Å². The zero-order valence-corrected chi connectivity index (χ0v) is 15.3. The quantitative estimate of drug-likeness (QED) is 0.514. The monoisotopic (exact) mass is 370 g/mol. The van der Waals surface area contributed by atoms with Crippen molar-refractivity contribution >= 4 is 23.2 Å². The van der Waals surface area contributed by atoms with Crippen LogP contribution < -0.4 is 26.1 Å². The van der Waals surface area contributed by atoms with Crippen LogP contribution in [0.4, 0.5) is 5.82 Å². The number of nitrogens with zero attached hydrogens (tertiary/aromatic N) is 5. The molecular weight excluding hydrogens is 352 g/mol. The second-order valence-electron chi connectivity index (χ2n) is 5.62. The molecule has 0 radical (unpaired) electrons. The highest BCUT2D eigenvalue weighted by atomic mass is 16.5. The Labute approximate surface area is 153 Å². The Morgan fingerprint density at radius 3 is 2.56 bits per heavy atom. The van der Waals surface area contributed by atoms with Crippen LogP contribution in [0.1, 0.15) is 5.56 Å². The number of hydrazone groups is 1. The first kappa shape index (κ1) is 18.1. The SMILES string of the molecule is COc1ccc(/C=N\Nc2cnc3c(n2)c(=O)n(C)c(=O)n3C)cc1OC. The third kappa shape index (κ3) is 3.36. The van der Waals surface area contributed by atoms with E-state index in [-0.39, 0.29) is 17.0 Å². The molecule has 10 nitrogen and oxygen atoms in total. The van der Waals surface area contributed by atoms with Crippen molar-refractivity contribution in [2.24, 2.45) is 19.2 Å². The van der Waals surface area contributed by atoms with E-state index < -0.39 is 11.2 Å². The first-order valence-electron chi connectivity index (χ1n) is 7.90. The average Bonchev–Trinajstić information content (AvgIpc) is 2.70. The van der Waals surface area contributed by atoms with Gasteiger partial charge in [-0.15, -0.1) is 0 Å². The molecular formula is C17H18N6O4. The smallest absolute Gasteiger partial charge is 0.332 e. The fourth-order valence-electron chi connectivity index (χ4n) is 2.49. The lowest BCUT2D eigenvalue weighted by Gasteiger charge is -2.08. The van der Waals surface area contributed by atoms with E-state index in [2.05, 4.69) is 20.5 Å². The van der Waals surface area contributed by atoms with Gasteiger partial charge in [0.1, 0.15) is 0 Å². The molecule has 27 heavy (non-hydrogen) atoms. The summed E-state index contributed by atoms with van der Waals surface area (Å²) in [5.41, 5.74) is 2.79. The molecule has 0 unspecified atom stereocenters. The maximum atomic E-state index is 12.2. The fourth-order valence-corrected chi connectivity index (χ4v) is 2.49. The molecule has 0 atom stereocenters. The Hall–Kier alpha value is -3.69. The van der Waals surface area contributed by atoms with Gasteiger partial charge in [-0.05, 0) is 23.8 Å². The molecule has 0 aliphatic rings. The van der Waals surface area contributed by atoms with Crippen molar-refractivity contribution in [1.29, 1.82) is 0 Å². The van der Waals surface area contributed by atoms with Gasteiger partial charge in [0.25, 0.3) is 5.56 Å². The standard InChI is InChI=1S/C17H18N6O4/c1-22-15-14(16(24)23(2)17(22)25)20-13(9-18-15)21-19-8-10-5-6-11(26-3)12(7-10)27-4/h5-9H,1-4H3,(H,20,21)/b19-8-. The minimum absolute atomic E-state index is 0.0749. The first-order valence-corrected chi connectivity index (χ1v) is 7.90. The second-order valence-corrected chi connectivity index (χ2v) is 5.62. The summed E-state index contributed by atoms with van der Waals surface area (Å²) in [7, 11) is 6.03. The first-order chi connectivity index (χ1) is 13.0. The van der Waals surface area contributed by atoms with E-state index in [4.69, 9.17) is 9.47 Å². The van der Waals surface area contributed by atoms with Gasteiger partial charge >= 0.3 is 5.69 Å². The van der Waals surface area contributed by atoms with Gasteiger partial charge in [0.05, 0.1) is 26.6 Å². The predicted octanol–water partition coefficient (Wildman–Crippen LogP) is 0.490. The van der Waals surface area contributed by atoms with Gasteiger partial charge < -0.3 is 9.47 Å². The predicted molar refractivity (Wildman–Crippen MR) is 101 cm³/mol. The lowest BCUT2D eigenvalue weighted by Crippen LogP contribution is -2.37. The van der Waals surface area contributed by atoms with Crippen LogP contribution in [0.25, 0.3) is 11.2 Å². The van der Waals surface area contributed by atoms with Gasteiger partial charge in [0.15, 0.2) is 28.5 Å². The van der Waals surface area contributed by atoms with Crippen molar-refractivity contribution in [3.05, 3.63) is 50.8 Å². The van der Waals surface area contributed by atoms with Crippen LogP contribution in [-0.2, 0) is 14.1 Å². The van der Waals surface area contributed by atoms with Crippen molar-refractivity contribution in [3.63, 3.8) is 0 Å². The highest BCUT2D eigenvalue weighted by molar-refractivity contribution is 5.81. The minimum Gasteiger partial charge on any atom is -0.493 e. The number of hydrogen-bond donors (Lipinski definition) is 1. The maximum absolute atomic E-state index is 12.2. The van der Waals surface area contributed by atoms with E-state index in [0.717, 1.165) is 10.1 Å². The number of rotatable bonds is 5. The van der Waals surface area contributed by atoms with E-state index in [1.54, 1.807) is 32.6 Å². The fraction of sp³-hybridized carbons (Fsp3) is 0.235. The number of fused-ring (bicyclic) bond motifs is 1. The lowest BCUT2D eigenvalue weighted by atomic mass is 10.2. The number of anilines is 1. The molecule has 0 aliphatic heterocycles. The number of ether oxygens (including phenoxy) is 2. The number of aromatic nitrogens is 4. The summed E-state index contributed by atoms with van der Waals surface area (Å²) in [6.07, 6.45) is 2.96. The highest BCUT2D eigenvalue weighted by Gasteiger charge is 2.11. The zero-order valence-electron chi connectivity index (χ0n) is 15.3. The Balaban J connectivity index is 1.88. The van der Waals surface area contributed by atoms with E-state index in [1.165, 1.54) is 24.9 Å². The molecule has 1 aromatic carbocycles. The molecule has 0 saturated heterocycles. The van der Waals surface area contributed by atoms with Crippen LogP contribution in [0.2, 0.25) is 0 Å². The third-order valence-electron chi connectivity index (χ3n) is 3.95. The van der Waals surface area contributed by atoms with Gasteiger partial charge in [-0.25, -0.2) is 14.8 Å². The molecule has 3 aromatic rings. The molecule has 10 heteroatoms. The van der Waals surface area contributed by atoms with Crippen LogP contribution in [0.5, 0.6) is 11.5 Å². The van der Waals surface area contributed by atoms with Crippen LogP contribution in [0, 0.1) is 0 Å². The number of benzene rings is 1. The van der Waals surface area contributed by atoms with Crippen LogP contribution in [0.3, 0.4) is 0 Å². The summed E-state index contributed by atoms with van der Waals surface area (Å²) in [6.45, 7) is 0. The topological polar surface area (TPSA) is 113 Å². The van der Waals surface area contributed by atoms with Crippen molar-refractivity contribution in [2.75, 3.05) is 19.6 Å². The number of nitrogens with one attached hydrogen (secondary N) is 1. The molecule has 0 fully saturated rings. The second kappa shape index (κ2) is 7.28. The van der Waals surface area contributed by atoms with Gasteiger partial charge in [-0.3, -0.25) is 19.4 Å². The Morgan fingerprint density at radius 2 is 1.85 bits per heavy atom. The van der Waals surface area contributed by atoms with Gasteiger partial charge in [0, 0.05) is 14.1 Å². The van der Waals surface area contributed by atoms with Gasteiger partial charge in [-0.1, -0.05) is 0 Å². The van der Waals surface area contributed by atoms with Crippen LogP contribution in [-0.4, -0.2) is 39.5 Å². The largest absolute Gasteiger partial charge is 0.493 e. The Morgan fingerprint density at radius 1 is 1.11 bits per heavy atom. The zero-order chi connectivity index (χ0) is 19.6. The van der Waals surface area contributed by atoms with Crippen LogP contribution in [0.15, 0.2) is 39.1 Å². The molecule has 0 saturated carbocycles. The molecule has 0 aliphatic carbocycles. The summed E-state index contributed by atoms with van der Waals surface area (Å²) in [5, 5.41) is 4.09. The summed E-state index contributed by atoms with van der Waals surface area (Å²) in [6, 6.07) is 5.34. The van der Waals surface area contributed by atoms with Gasteiger partial charge in [-0.2, -0.15) is 5.10 Å². The minimum atomic E-state index is -0.520. The highest BCUT2D eigenvalue weighted by Crippen LogP contribution is 2.26. The number of aryl methyl sites for hydroxylation is 1. The van der Waals surface area contributed by atoms with Gasteiger partial charge in [0.2, 0.25) is 0 Å². The Kier molecular flexibility index (Phi) is 4.88. The summed E-state index contributed by atoms with van der Waals surface area (Å²) >= 11 is 0. The van der Waals surface area contributed by atoms with E-state index in [1.807, 2.05) is 6.07 Å². The van der Waals surface area contributed by atoms with E-state index in [9.17, 15) is 9.59 Å². The molecule has 1 N–H and O–H groups in total. The third-order valence-corrected chi connectivity index (χ3v) is 3.95. The summed E-state index contributed by atoms with van der Waals surface area (Å²) < 4.78 is 12.7. The molecule has 3 rings (SSSR count). The molecule has 140 valence electrons. The summed E-state index contributed by atoms with van der Waals surface area (Å²) in [4.78, 5) is 32.5. The van der Waals surface area contributed by atoms with Crippen LogP contribution >= 0.6 is 0 Å². The maximum Gasteiger partial charge on any atom is 0.332 e. The normalized spacial score (nSPS) is 11.1. The number of methoxy groups -OCH3 is 2. The molecule has 0 amide bonds. The van der Waals surface area contributed by atoms with Crippen molar-refractivity contribution in [3.8, 4) is 11.5 Å². The van der Waals surface area contributed by atoms with Crippen molar-refractivity contribution < 1.29 is 9.47 Å². The number of hydrogen-bond acceptors (Lipinski definition) is 8. The Bertz CT molecular complexity index is 1150. The molecule has 2 heterocycles. The summed E-state index contributed by atoms with van der Waals surface area (Å²) in [5.74, 6) is 1.47. The molecule has 2 aromatic heterocycles. The van der Waals surface area contributed by atoms with E-state index >= 15 is 0 Å². The van der Waals surface area contributed by atoms with Crippen molar-refractivity contribution in [1.82, 2.24) is 19.1 Å². The molecule has 0 bridgehead atoms. The van der Waals surface area contributed by atoms with Crippen molar-refractivity contribution in [2.45, 2.75) is 0 Å². The average molecular weight is 370 g/mol. The molecule has 0 spiro atoms.